The normalized spacial score (nSPS) is 10.8. The summed E-state index contributed by atoms with van der Waals surface area (Å²) in [6.07, 6.45) is 1.71. The van der Waals surface area contributed by atoms with Crippen LogP contribution in [-0.2, 0) is 0 Å². The number of nitrogens with one attached hydrogen (secondary N) is 3. The molecule has 33 heavy (non-hydrogen) atoms. The Morgan fingerprint density at radius 1 is 0.758 bits per heavy atom. The maximum atomic E-state index is 4.48. The van der Waals surface area contributed by atoms with Crippen molar-refractivity contribution >= 4 is 57.1 Å². The van der Waals surface area contributed by atoms with Crippen LogP contribution in [0.3, 0.4) is 0 Å². The van der Waals surface area contributed by atoms with E-state index in [4.69, 9.17) is 0 Å². The first-order valence-corrected chi connectivity index (χ1v) is 11.0. The fraction of sp³-hybridized carbons (Fsp3) is 0.0833. The fourth-order valence-electron chi connectivity index (χ4n) is 2.97. The van der Waals surface area contributed by atoms with Crippen molar-refractivity contribution in [3.05, 3.63) is 88.9 Å². The van der Waals surface area contributed by atoms with E-state index in [1.165, 1.54) is 0 Å². The number of para-hydroxylation sites is 2. The van der Waals surface area contributed by atoms with Gasteiger partial charge in [0.15, 0.2) is 0 Å². The molecule has 0 bridgehead atoms. The van der Waals surface area contributed by atoms with Crippen LogP contribution in [0.1, 0.15) is 5.56 Å². The molecule has 4 rings (SSSR count). The Morgan fingerprint density at radius 3 is 1.82 bits per heavy atom. The molecule has 0 aliphatic carbocycles. The number of hydrogen-bond donors (Lipinski definition) is 3. The molecule has 0 unspecified atom stereocenters. The topological polar surface area (TPSA) is 90.4 Å². The van der Waals surface area contributed by atoms with Crippen LogP contribution in [0.15, 0.2) is 88.4 Å². The Morgan fingerprint density at radius 2 is 1.30 bits per heavy atom. The minimum atomic E-state index is 0.307. The lowest BCUT2D eigenvalue weighted by Gasteiger charge is -2.14. The summed E-state index contributed by atoms with van der Waals surface area (Å²) in [7, 11) is 4.00. The van der Waals surface area contributed by atoms with E-state index >= 15 is 0 Å². The molecule has 0 fully saturated rings. The van der Waals surface area contributed by atoms with E-state index in [0.717, 1.165) is 27.1 Å². The molecule has 0 atom stereocenters. The zero-order valence-electron chi connectivity index (χ0n) is 18.2. The van der Waals surface area contributed by atoms with Crippen LogP contribution >= 0.6 is 15.9 Å². The summed E-state index contributed by atoms with van der Waals surface area (Å²) in [5.74, 6) is 1.10. The fourth-order valence-corrected chi connectivity index (χ4v) is 3.72. The Labute approximate surface area is 200 Å². The van der Waals surface area contributed by atoms with Gasteiger partial charge >= 0.3 is 0 Å². The third-order valence-electron chi connectivity index (χ3n) is 4.53. The molecule has 1 heterocycles. The highest BCUT2D eigenvalue weighted by Crippen LogP contribution is 2.25. The number of rotatable bonds is 8. The van der Waals surface area contributed by atoms with Gasteiger partial charge in [-0.15, -0.1) is 0 Å². The van der Waals surface area contributed by atoms with Crippen LogP contribution in [-0.4, -0.2) is 35.3 Å². The van der Waals surface area contributed by atoms with E-state index in [0.29, 0.717) is 17.8 Å². The van der Waals surface area contributed by atoms with Gasteiger partial charge in [-0.05, 0) is 57.9 Å². The predicted molar refractivity (Wildman–Crippen MR) is 139 cm³/mol. The average molecular weight is 503 g/mol. The number of benzene rings is 3. The van der Waals surface area contributed by atoms with Gasteiger partial charge in [-0.3, -0.25) is 0 Å². The zero-order chi connectivity index (χ0) is 23.0. The molecule has 3 aromatic carbocycles. The van der Waals surface area contributed by atoms with E-state index in [-0.39, 0.29) is 0 Å². The molecule has 0 amide bonds. The molecule has 0 saturated heterocycles. The van der Waals surface area contributed by atoms with Crippen molar-refractivity contribution < 1.29 is 0 Å². The van der Waals surface area contributed by atoms with Crippen molar-refractivity contribution in [2.24, 2.45) is 5.10 Å². The quantitative estimate of drug-likeness (QED) is 0.212. The number of hydrogen-bond acceptors (Lipinski definition) is 8. The third-order valence-corrected chi connectivity index (χ3v) is 5.16. The van der Waals surface area contributed by atoms with Crippen molar-refractivity contribution in [3.63, 3.8) is 0 Å². The van der Waals surface area contributed by atoms with Crippen LogP contribution in [0, 0.1) is 0 Å². The minimum absolute atomic E-state index is 0.307. The van der Waals surface area contributed by atoms with Crippen LogP contribution < -0.4 is 21.0 Å². The molecule has 0 aliphatic rings. The first kappa shape index (κ1) is 22.2. The van der Waals surface area contributed by atoms with Crippen LogP contribution in [0.2, 0.25) is 0 Å². The second kappa shape index (κ2) is 10.6. The van der Waals surface area contributed by atoms with Crippen LogP contribution in [0.4, 0.5) is 34.9 Å². The summed E-state index contributed by atoms with van der Waals surface area (Å²) in [5.41, 5.74) is 6.66. The molecule has 1 aromatic heterocycles. The smallest absolute Gasteiger partial charge is 0.250 e. The lowest BCUT2D eigenvalue weighted by Crippen LogP contribution is -2.09. The molecule has 166 valence electrons. The second-order valence-electron chi connectivity index (χ2n) is 7.26. The summed E-state index contributed by atoms with van der Waals surface area (Å²) in [6, 6.07) is 25.4. The van der Waals surface area contributed by atoms with Gasteiger partial charge in [0, 0.05) is 29.9 Å². The van der Waals surface area contributed by atoms with Crippen molar-refractivity contribution in [2.45, 2.75) is 0 Å². The van der Waals surface area contributed by atoms with Crippen molar-refractivity contribution in [1.29, 1.82) is 0 Å². The Balaban J connectivity index is 1.55. The largest absolute Gasteiger partial charge is 0.377 e. The summed E-state index contributed by atoms with van der Waals surface area (Å²) in [5, 5.41) is 10.7. The van der Waals surface area contributed by atoms with Gasteiger partial charge in [0.05, 0.1) is 11.9 Å². The lowest BCUT2D eigenvalue weighted by atomic mass is 10.2. The Bertz CT molecular complexity index is 1170. The summed E-state index contributed by atoms with van der Waals surface area (Å²) < 4.78 is 0.986. The van der Waals surface area contributed by atoms with E-state index in [9.17, 15) is 0 Å². The highest BCUT2D eigenvalue weighted by atomic mass is 79.9. The predicted octanol–water partition coefficient (Wildman–Crippen LogP) is 5.63. The highest BCUT2D eigenvalue weighted by molar-refractivity contribution is 9.10. The van der Waals surface area contributed by atoms with Crippen molar-refractivity contribution in [1.82, 2.24) is 15.0 Å². The first-order valence-electron chi connectivity index (χ1n) is 10.2. The Hall–Kier alpha value is -3.98. The average Bonchev–Trinajstić information content (AvgIpc) is 2.80. The molecule has 3 N–H and O–H groups in total. The number of halogens is 1. The maximum Gasteiger partial charge on any atom is 0.250 e. The molecular weight excluding hydrogens is 480 g/mol. The maximum absolute atomic E-state index is 4.48. The second-order valence-corrected chi connectivity index (χ2v) is 8.12. The molecule has 0 aliphatic heterocycles. The standard InChI is InChI=1S/C24H23BrN8/c1-33(2)21-14-13-17(15-20(21)25)16-26-32-24-30-22(27-18-9-5-3-6-10-18)29-23(31-24)28-19-11-7-4-8-12-19/h3-16H,1-2H3,(H3,27,28,29,30,31,32)/b26-16+. The van der Waals surface area contributed by atoms with E-state index in [1.54, 1.807) is 6.21 Å². The molecular formula is C24H23BrN8. The van der Waals surface area contributed by atoms with Gasteiger partial charge < -0.3 is 15.5 Å². The van der Waals surface area contributed by atoms with E-state index < -0.39 is 0 Å². The van der Waals surface area contributed by atoms with Crippen molar-refractivity contribution in [3.8, 4) is 0 Å². The van der Waals surface area contributed by atoms with Gasteiger partial charge in [-0.25, -0.2) is 5.43 Å². The van der Waals surface area contributed by atoms with Crippen molar-refractivity contribution in [2.75, 3.05) is 35.1 Å². The summed E-state index contributed by atoms with van der Waals surface area (Å²) in [6.45, 7) is 0. The number of hydrazone groups is 1. The molecule has 0 radical (unpaired) electrons. The van der Waals surface area contributed by atoms with Gasteiger partial charge in [-0.2, -0.15) is 20.1 Å². The van der Waals surface area contributed by atoms with Gasteiger partial charge in [0.2, 0.25) is 17.8 Å². The molecule has 8 nitrogen and oxygen atoms in total. The summed E-state index contributed by atoms with van der Waals surface area (Å²) in [4.78, 5) is 15.4. The number of anilines is 6. The highest BCUT2D eigenvalue weighted by Gasteiger charge is 2.08. The minimum Gasteiger partial charge on any atom is -0.377 e. The van der Waals surface area contributed by atoms with Crippen LogP contribution in [0.5, 0.6) is 0 Å². The number of aromatic nitrogens is 3. The number of nitrogens with zero attached hydrogens (tertiary/aromatic N) is 5. The molecule has 4 aromatic rings. The SMILES string of the molecule is CN(C)c1ccc(/C=N/Nc2nc(Nc3ccccc3)nc(Nc3ccccc3)n2)cc1Br. The molecule has 0 spiro atoms. The first-order chi connectivity index (χ1) is 16.1. The monoisotopic (exact) mass is 502 g/mol. The van der Waals surface area contributed by atoms with E-state index in [2.05, 4.69) is 52.0 Å². The lowest BCUT2D eigenvalue weighted by molar-refractivity contribution is 1.04. The molecule has 0 saturated carbocycles. The summed E-state index contributed by atoms with van der Waals surface area (Å²) >= 11 is 3.59. The van der Waals surface area contributed by atoms with Gasteiger partial charge in [0.1, 0.15) is 0 Å². The third kappa shape index (κ3) is 6.27. The van der Waals surface area contributed by atoms with Gasteiger partial charge in [0.25, 0.3) is 0 Å². The van der Waals surface area contributed by atoms with Crippen LogP contribution in [0.25, 0.3) is 0 Å². The zero-order valence-corrected chi connectivity index (χ0v) is 19.8. The van der Waals surface area contributed by atoms with Gasteiger partial charge in [-0.1, -0.05) is 42.5 Å². The van der Waals surface area contributed by atoms with E-state index in [1.807, 2.05) is 97.9 Å². The molecule has 9 heteroatoms. The Kier molecular flexibility index (Phi) is 7.11.